The topological polar surface area (TPSA) is 20.2 Å². The summed E-state index contributed by atoms with van der Waals surface area (Å²) in [6.45, 7) is 2.05. The van der Waals surface area contributed by atoms with E-state index < -0.39 is 17.7 Å². The molecule has 1 aromatic rings. The Kier molecular flexibility index (Phi) is 4.69. The van der Waals surface area contributed by atoms with Crippen molar-refractivity contribution >= 4 is 0 Å². The summed E-state index contributed by atoms with van der Waals surface area (Å²) in [6.07, 6.45) is 2.45. The summed E-state index contributed by atoms with van der Waals surface area (Å²) in [4.78, 5) is 0. The molecule has 0 aliphatic heterocycles. The lowest BCUT2D eigenvalue weighted by atomic mass is 10.0. The molecule has 84 valence electrons. The van der Waals surface area contributed by atoms with E-state index in [9.17, 15) is 13.9 Å². The largest absolute Gasteiger partial charge is 0.388 e. The van der Waals surface area contributed by atoms with Crippen LogP contribution in [0, 0.1) is 11.6 Å². The smallest absolute Gasteiger partial charge is 0.164 e. The summed E-state index contributed by atoms with van der Waals surface area (Å²) >= 11 is 0. The molecule has 1 aromatic carbocycles. The molecule has 0 radical (unpaired) electrons. The number of hydrogen-bond donors (Lipinski definition) is 1. The van der Waals surface area contributed by atoms with Crippen molar-refractivity contribution in [3.05, 3.63) is 35.4 Å². The van der Waals surface area contributed by atoms with E-state index in [0.29, 0.717) is 6.42 Å². The summed E-state index contributed by atoms with van der Waals surface area (Å²) in [5.41, 5.74) is 0.0612. The molecule has 0 aliphatic rings. The maximum Gasteiger partial charge on any atom is 0.164 e. The number of aliphatic hydroxyl groups is 1. The second kappa shape index (κ2) is 5.81. The van der Waals surface area contributed by atoms with Gasteiger partial charge in [-0.3, -0.25) is 0 Å². The fraction of sp³-hybridized carbons (Fsp3) is 0.500. The number of hydrogen-bond acceptors (Lipinski definition) is 1. The van der Waals surface area contributed by atoms with Crippen molar-refractivity contribution in [1.29, 1.82) is 0 Å². The minimum absolute atomic E-state index is 0.0612. The number of aliphatic hydroxyl groups excluding tert-OH is 1. The van der Waals surface area contributed by atoms with Crippen LogP contribution in [0.2, 0.25) is 0 Å². The standard InChI is InChI=1S/C12H16F2O/c1-2-3-4-8-11(15)9-6-5-7-10(13)12(9)14/h5-7,11,15H,2-4,8H2,1H3. The monoisotopic (exact) mass is 214 g/mol. The van der Waals surface area contributed by atoms with Gasteiger partial charge in [-0.1, -0.05) is 38.3 Å². The van der Waals surface area contributed by atoms with E-state index in [1.807, 2.05) is 0 Å². The summed E-state index contributed by atoms with van der Waals surface area (Å²) in [7, 11) is 0. The van der Waals surface area contributed by atoms with Gasteiger partial charge in [0.2, 0.25) is 0 Å². The van der Waals surface area contributed by atoms with Gasteiger partial charge in [-0.2, -0.15) is 0 Å². The van der Waals surface area contributed by atoms with Gasteiger partial charge in [0.05, 0.1) is 6.10 Å². The van der Waals surface area contributed by atoms with Crippen LogP contribution in [0.4, 0.5) is 8.78 Å². The summed E-state index contributed by atoms with van der Waals surface area (Å²) in [5.74, 6) is -1.83. The van der Waals surface area contributed by atoms with Crippen molar-refractivity contribution in [3.8, 4) is 0 Å². The van der Waals surface area contributed by atoms with Crippen LogP contribution in [0.5, 0.6) is 0 Å². The highest BCUT2D eigenvalue weighted by molar-refractivity contribution is 5.21. The molecule has 0 amide bonds. The zero-order valence-corrected chi connectivity index (χ0v) is 8.84. The molecule has 0 saturated carbocycles. The molecule has 1 rings (SSSR count). The first-order valence-electron chi connectivity index (χ1n) is 5.28. The van der Waals surface area contributed by atoms with Gasteiger partial charge < -0.3 is 5.11 Å². The molecule has 1 nitrogen and oxygen atoms in total. The Morgan fingerprint density at radius 1 is 1.27 bits per heavy atom. The van der Waals surface area contributed by atoms with Gasteiger partial charge >= 0.3 is 0 Å². The van der Waals surface area contributed by atoms with Crippen molar-refractivity contribution in [2.24, 2.45) is 0 Å². The van der Waals surface area contributed by atoms with E-state index in [2.05, 4.69) is 6.92 Å². The molecule has 1 atom stereocenters. The SMILES string of the molecule is CCCCCC(O)c1cccc(F)c1F. The third-order valence-corrected chi connectivity index (χ3v) is 2.42. The molecule has 0 heterocycles. The second-order valence-corrected chi connectivity index (χ2v) is 3.65. The van der Waals surface area contributed by atoms with Crippen molar-refractivity contribution in [2.45, 2.75) is 38.7 Å². The van der Waals surface area contributed by atoms with E-state index in [0.717, 1.165) is 25.3 Å². The molecule has 1 N–H and O–H groups in total. The van der Waals surface area contributed by atoms with Crippen LogP contribution in [0.15, 0.2) is 18.2 Å². The molecule has 0 fully saturated rings. The lowest BCUT2D eigenvalue weighted by molar-refractivity contribution is 0.158. The number of rotatable bonds is 5. The average Bonchev–Trinajstić information content (AvgIpc) is 2.22. The van der Waals surface area contributed by atoms with Crippen LogP contribution in [0.25, 0.3) is 0 Å². The summed E-state index contributed by atoms with van der Waals surface area (Å²) in [6, 6.07) is 3.89. The molecule has 0 bridgehead atoms. The Bertz CT molecular complexity index is 312. The molecule has 1 unspecified atom stereocenters. The van der Waals surface area contributed by atoms with Gasteiger partial charge in [0.25, 0.3) is 0 Å². The first kappa shape index (κ1) is 12.1. The predicted molar refractivity (Wildman–Crippen MR) is 55.5 cm³/mol. The van der Waals surface area contributed by atoms with E-state index in [4.69, 9.17) is 0 Å². The fourth-order valence-electron chi connectivity index (χ4n) is 1.52. The lowest BCUT2D eigenvalue weighted by Crippen LogP contribution is -2.02. The molecular weight excluding hydrogens is 198 g/mol. The normalized spacial score (nSPS) is 12.8. The third kappa shape index (κ3) is 3.27. The Balaban J connectivity index is 2.65. The van der Waals surface area contributed by atoms with Crippen molar-refractivity contribution in [1.82, 2.24) is 0 Å². The highest BCUT2D eigenvalue weighted by Crippen LogP contribution is 2.23. The van der Waals surface area contributed by atoms with Crippen LogP contribution in [-0.2, 0) is 0 Å². The van der Waals surface area contributed by atoms with E-state index in [-0.39, 0.29) is 5.56 Å². The van der Waals surface area contributed by atoms with E-state index in [1.165, 1.54) is 12.1 Å². The average molecular weight is 214 g/mol. The van der Waals surface area contributed by atoms with Gasteiger partial charge in [-0.05, 0) is 12.5 Å². The minimum Gasteiger partial charge on any atom is -0.388 e. The third-order valence-electron chi connectivity index (χ3n) is 2.42. The van der Waals surface area contributed by atoms with Crippen LogP contribution >= 0.6 is 0 Å². The summed E-state index contributed by atoms with van der Waals surface area (Å²) in [5, 5.41) is 9.65. The predicted octanol–water partition coefficient (Wildman–Crippen LogP) is 3.58. The highest BCUT2D eigenvalue weighted by atomic mass is 19.2. The van der Waals surface area contributed by atoms with Crippen LogP contribution in [-0.4, -0.2) is 5.11 Å². The number of halogens is 2. The van der Waals surface area contributed by atoms with Crippen LogP contribution in [0.1, 0.15) is 44.3 Å². The van der Waals surface area contributed by atoms with Crippen molar-refractivity contribution < 1.29 is 13.9 Å². The summed E-state index contributed by atoms with van der Waals surface area (Å²) < 4.78 is 26.1. The van der Waals surface area contributed by atoms with Crippen LogP contribution in [0.3, 0.4) is 0 Å². The van der Waals surface area contributed by atoms with Gasteiger partial charge in [0.15, 0.2) is 11.6 Å². The highest BCUT2D eigenvalue weighted by Gasteiger charge is 2.14. The zero-order valence-electron chi connectivity index (χ0n) is 8.84. The zero-order chi connectivity index (χ0) is 11.3. The van der Waals surface area contributed by atoms with Crippen molar-refractivity contribution in [3.63, 3.8) is 0 Å². The maximum absolute atomic E-state index is 13.2. The van der Waals surface area contributed by atoms with Gasteiger partial charge in [0, 0.05) is 5.56 Å². The quantitative estimate of drug-likeness (QED) is 0.743. The maximum atomic E-state index is 13.2. The Morgan fingerprint density at radius 2 is 2.00 bits per heavy atom. The molecule has 0 spiro atoms. The lowest BCUT2D eigenvalue weighted by Gasteiger charge is -2.11. The number of unbranched alkanes of at least 4 members (excludes halogenated alkanes) is 2. The minimum atomic E-state index is -0.929. The Hall–Kier alpha value is -0.960. The van der Waals surface area contributed by atoms with Crippen molar-refractivity contribution in [2.75, 3.05) is 0 Å². The first-order valence-corrected chi connectivity index (χ1v) is 5.28. The molecule has 0 aliphatic carbocycles. The van der Waals surface area contributed by atoms with Gasteiger partial charge in [-0.15, -0.1) is 0 Å². The van der Waals surface area contributed by atoms with E-state index >= 15 is 0 Å². The molecule has 3 heteroatoms. The van der Waals surface area contributed by atoms with E-state index in [1.54, 1.807) is 0 Å². The number of benzene rings is 1. The second-order valence-electron chi connectivity index (χ2n) is 3.65. The van der Waals surface area contributed by atoms with Crippen LogP contribution < -0.4 is 0 Å². The molecule has 15 heavy (non-hydrogen) atoms. The van der Waals surface area contributed by atoms with Gasteiger partial charge in [0.1, 0.15) is 0 Å². The first-order chi connectivity index (χ1) is 7.16. The molecule has 0 aromatic heterocycles. The Labute approximate surface area is 88.7 Å². The van der Waals surface area contributed by atoms with Gasteiger partial charge in [-0.25, -0.2) is 8.78 Å². The fourth-order valence-corrected chi connectivity index (χ4v) is 1.52. The Morgan fingerprint density at radius 3 is 2.67 bits per heavy atom. The molecule has 0 saturated heterocycles. The molecular formula is C12H16F2O.